The Labute approximate surface area is 233 Å². The minimum Gasteiger partial charge on any atom is -0.857 e. The third-order valence-electron chi connectivity index (χ3n) is 3.43. The zero-order valence-electron chi connectivity index (χ0n) is 19.4. The second kappa shape index (κ2) is 20.7. The van der Waals surface area contributed by atoms with Crippen LogP contribution < -0.4 is 10.2 Å². The molecule has 0 aliphatic heterocycles. The number of hydrogen-bond donors (Lipinski definition) is 1. The number of nitrogens with zero attached hydrogens (tertiary/aromatic N) is 2. The number of carboxylic acids is 1. The molecule has 9 heteroatoms. The maximum absolute atomic E-state index is 11.3. The summed E-state index contributed by atoms with van der Waals surface area (Å²) in [5, 5.41) is 37.1. The first-order valence-corrected chi connectivity index (χ1v) is 10.7. The van der Waals surface area contributed by atoms with E-state index in [0.29, 0.717) is 5.56 Å². The molecule has 3 aromatic carbocycles. The molecule has 6 nitrogen and oxygen atoms in total. The monoisotopic (exact) mass is 620 g/mol. The first-order chi connectivity index (χ1) is 16.1. The molecule has 0 atom stereocenters. The van der Waals surface area contributed by atoms with Gasteiger partial charge in [0.25, 0.3) is 0 Å². The Bertz CT molecular complexity index is 942. The van der Waals surface area contributed by atoms with Gasteiger partial charge in [0.2, 0.25) is 0 Å². The molecule has 35 heavy (non-hydrogen) atoms. The van der Waals surface area contributed by atoms with Gasteiger partial charge in [-0.25, -0.2) is 0 Å². The van der Waals surface area contributed by atoms with Crippen LogP contribution in [0.15, 0.2) is 89.1 Å². The fraction of sp³-hybridized carbons (Fsp3) is 0.115. The fourth-order valence-corrected chi connectivity index (χ4v) is 2.02. The first kappa shape index (κ1) is 34.5. The molecule has 0 aliphatic carbocycles. The Morgan fingerprint density at radius 2 is 1.20 bits per heavy atom. The Kier molecular flexibility index (Phi) is 20.4. The van der Waals surface area contributed by atoms with E-state index in [9.17, 15) is 15.0 Å². The van der Waals surface area contributed by atoms with Crippen LogP contribution >= 0.6 is 23.2 Å². The van der Waals surface area contributed by atoms with Gasteiger partial charge < -0.3 is 20.1 Å². The quantitative estimate of drug-likeness (QED) is 0.159. The zero-order chi connectivity index (χ0) is 25.9. The van der Waals surface area contributed by atoms with E-state index in [1.165, 1.54) is 6.92 Å². The van der Waals surface area contributed by atoms with Gasteiger partial charge in [0.1, 0.15) is 0 Å². The van der Waals surface area contributed by atoms with Crippen LogP contribution in [0.4, 0.5) is 0 Å². The molecule has 0 unspecified atom stereocenters. The predicted octanol–water partition coefficient (Wildman–Crippen LogP) is 3.58. The van der Waals surface area contributed by atoms with Crippen LogP contribution in [0.5, 0.6) is 0 Å². The summed E-state index contributed by atoms with van der Waals surface area (Å²) < 4.78 is 0. The molecule has 0 radical (unpaired) electrons. The molecule has 0 aliphatic rings. The Balaban J connectivity index is 0. The second-order valence-electron chi connectivity index (χ2n) is 6.31. The maximum Gasteiger partial charge on any atom is 4.00 e. The van der Waals surface area contributed by atoms with Crippen molar-refractivity contribution in [2.45, 2.75) is 13.8 Å². The standard InChI is InChI=1S/C10H10N2O3.2C7H6Cl.C2H6O.Sn/c1-7(10(14)15)11-12-9(13)8-5-3-2-4-6-8;2*1-6-2-4-7(8)5-3-6;1-2-3;/h2-6H,1H3,(H,12,13)(H,14,15);2*2-5H,1H2;3H,2H2,1H3;/q;2*-1;;+4/p-2/b11-7+;;;;. The van der Waals surface area contributed by atoms with E-state index in [0.717, 1.165) is 21.2 Å². The van der Waals surface area contributed by atoms with Gasteiger partial charge in [0.15, 0.2) is 0 Å². The van der Waals surface area contributed by atoms with Gasteiger partial charge in [-0.3, -0.25) is 0 Å². The summed E-state index contributed by atoms with van der Waals surface area (Å²) in [7, 11) is 0. The van der Waals surface area contributed by atoms with E-state index in [1.54, 1.807) is 37.3 Å². The predicted molar refractivity (Wildman–Crippen MR) is 141 cm³/mol. The minimum atomic E-state index is -1.44. The molecular weight excluding hydrogens is 594 g/mol. The topological polar surface area (TPSA) is 108 Å². The Morgan fingerprint density at radius 1 is 0.829 bits per heavy atom. The summed E-state index contributed by atoms with van der Waals surface area (Å²) in [6.45, 7) is 10.5. The van der Waals surface area contributed by atoms with Crippen LogP contribution in [0, 0.1) is 13.8 Å². The number of carbonyl (C=O) groups is 1. The van der Waals surface area contributed by atoms with E-state index in [4.69, 9.17) is 28.3 Å². The summed E-state index contributed by atoms with van der Waals surface area (Å²) in [6, 6.07) is 23.0. The van der Waals surface area contributed by atoms with Crippen molar-refractivity contribution in [1.82, 2.24) is 0 Å². The minimum absolute atomic E-state index is 0. The molecule has 0 fully saturated rings. The smallest absolute Gasteiger partial charge is 0.857 e. The SMILES string of the molecule is C/C(=N\N=C(/[O-])c1ccccc1)C(=O)[O-].CCO.[CH2-]c1ccc(Cl)cc1.[CH2-]c1ccc(Cl)cc1.[Sn+4]. The van der Waals surface area contributed by atoms with Gasteiger partial charge in [-0.05, 0) is 19.4 Å². The average molecular weight is 620 g/mol. The van der Waals surface area contributed by atoms with Gasteiger partial charge in [-0.15, -0.1) is 0 Å². The third-order valence-corrected chi connectivity index (χ3v) is 3.94. The molecule has 3 aromatic rings. The Morgan fingerprint density at radius 3 is 1.51 bits per heavy atom. The van der Waals surface area contributed by atoms with Crippen LogP contribution in [-0.2, 0) is 4.79 Å². The van der Waals surface area contributed by atoms with Crippen LogP contribution in [0.25, 0.3) is 0 Å². The molecule has 1 N–H and O–H groups in total. The van der Waals surface area contributed by atoms with Crippen molar-refractivity contribution < 1.29 is 20.1 Å². The molecule has 0 aromatic heterocycles. The maximum atomic E-state index is 11.3. The average Bonchev–Trinajstić information content (AvgIpc) is 2.83. The molecular formula is C26H26Cl2N2O4Sn. The Hall–Kier alpha value is -2.65. The number of rotatable bonds is 3. The first-order valence-electron chi connectivity index (χ1n) is 9.92. The van der Waals surface area contributed by atoms with Crippen LogP contribution in [0.2, 0.25) is 10.0 Å². The number of benzene rings is 3. The molecule has 0 heterocycles. The van der Waals surface area contributed by atoms with Gasteiger partial charge in [-0.1, -0.05) is 77.8 Å². The van der Waals surface area contributed by atoms with E-state index in [-0.39, 0.29) is 36.2 Å². The third kappa shape index (κ3) is 18.4. The number of hydrogen-bond acceptors (Lipinski definition) is 6. The van der Waals surface area contributed by atoms with E-state index < -0.39 is 11.9 Å². The van der Waals surface area contributed by atoms with Crippen LogP contribution in [0.3, 0.4) is 0 Å². The van der Waals surface area contributed by atoms with Crippen molar-refractivity contribution >= 4 is 64.7 Å². The van der Waals surface area contributed by atoms with Crippen molar-refractivity contribution in [1.29, 1.82) is 0 Å². The van der Waals surface area contributed by atoms with Crippen molar-refractivity contribution in [2.75, 3.05) is 6.61 Å². The van der Waals surface area contributed by atoms with Crippen molar-refractivity contribution in [2.24, 2.45) is 10.2 Å². The zero-order valence-corrected chi connectivity index (χ0v) is 23.8. The summed E-state index contributed by atoms with van der Waals surface area (Å²) in [6.07, 6.45) is 0. The number of aliphatic carboxylic acids is 1. The van der Waals surface area contributed by atoms with E-state index in [2.05, 4.69) is 24.1 Å². The van der Waals surface area contributed by atoms with E-state index in [1.807, 2.05) is 48.5 Å². The van der Waals surface area contributed by atoms with Gasteiger partial charge >= 0.3 is 23.9 Å². The van der Waals surface area contributed by atoms with Gasteiger partial charge in [0, 0.05) is 22.5 Å². The van der Waals surface area contributed by atoms with Crippen molar-refractivity contribution in [3.8, 4) is 0 Å². The molecule has 0 spiro atoms. The number of aliphatic hydroxyl groups excluding tert-OH is 1. The van der Waals surface area contributed by atoms with E-state index >= 15 is 0 Å². The summed E-state index contributed by atoms with van der Waals surface area (Å²) >= 11 is 11.2. The fourth-order valence-electron chi connectivity index (χ4n) is 1.77. The van der Waals surface area contributed by atoms with Crippen LogP contribution in [-0.4, -0.2) is 53.2 Å². The summed E-state index contributed by atoms with van der Waals surface area (Å²) in [5.41, 5.74) is 2.01. The largest absolute Gasteiger partial charge is 4.00 e. The molecule has 182 valence electrons. The van der Waals surface area contributed by atoms with Gasteiger partial charge in [0.05, 0.1) is 11.7 Å². The normalized spacial score (nSPS) is 10.1. The van der Waals surface area contributed by atoms with Gasteiger partial charge in [-0.2, -0.15) is 59.4 Å². The second-order valence-corrected chi connectivity index (χ2v) is 7.19. The van der Waals surface area contributed by atoms with Crippen LogP contribution in [0.1, 0.15) is 30.5 Å². The van der Waals surface area contributed by atoms with Crippen molar-refractivity contribution in [3.63, 3.8) is 0 Å². The molecule has 3 rings (SSSR count). The summed E-state index contributed by atoms with van der Waals surface area (Å²) in [4.78, 5) is 10.2. The molecule has 0 saturated carbocycles. The molecule has 0 saturated heterocycles. The molecule has 0 bridgehead atoms. The molecule has 0 amide bonds. The number of halogens is 2. The number of carbonyl (C=O) groups excluding carboxylic acids is 1. The number of carboxylic acid groups (broad SMARTS) is 1. The summed E-state index contributed by atoms with van der Waals surface area (Å²) in [5.74, 6) is -2.03. The van der Waals surface area contributed by atoms with Crippen molar-refractivity contribution in [3.05, 3.63) is 119 Å². The number of aliphatic hydroxyl groups is 1.